The van der Waals surface area contributed by atoms with Crippen molar-refractivity contribution < 1.29 is 31.1 Å². The van der Waals surface area contributed by atoms with Gasteiger partial charge >= 0.3 is 11.6 Å². The van der Waals surface area contributed by atoms with E-state index in [2.05, 4.69) is 10.1 Å². The lowest BCUT2D eigenvalue weighted by Gasteiger charge is -2.32. The van der Waals surface area contributed by atoms with E-state index in [1.54, 1.807) is 0 Å². The molecule has 6 nitrogen and oxygen atoms in total. The molecule has 1 aromatic carbocycles. The number of sulfone groups is 1. The van der Waals surface area contributed by atoms with Crippen LogP contribution in [0.4, 0.5) is 23.7 Å². The molecule has 1 N–H and O–H groups in total. The van der Waals surface area contributed by atoms with Crippen molar-refractivity contribution in [2.45, 2.75) is 29.3 Å². The quantitative estimate of drug-likeness (QED) is 0.890. The zero-order valence-corrected chi connectivity index (χ0v) is 13.7. The van der Waals surface area contributed by atoms with Gasteiger partial charge in [0.05, 0.1) is 17.7 Å². The van der Waals surface area contributed by atoms with Crippen LogP contribution in [0, 0.1) is 0 Å². The Labute approximate surface area is 137 Å². The van der Waals surface area contributed by atoms with Crippen molar-refractivity contribution in [2.24, 2.45) is 0 Å². The van der Waals surface area contributed by atoms with E-state index in [0.29, 0.717) is 25.9 Å². The van der Waals surface area contributed by atoms with Crippen molar-refractivity contribution >= 4 is 21.6 Å². The van der Waals surface area contributed by atoms with Gasteiger partial charge in [-0.1, -0.05) is 12.1 Å². The number of amides is 1. The molecule has 0 bridgehead atoms. The summed E-state index contributed by atoms with van der Waals surface area (Å²) in [6, 6.07) is 4.68. The average molecular weight is 366 g/mol. The number of carbonyl (C=O) groups excluding carboxylic acids is 1. The number of likely N-dealkylation sites (tertiary alicyclic amines) is 1. The summed E-state index contributed by atoms with van der Waals surface area (Å²) in [4.78, 5) is 12.1. The first kappa shape index (κ1) is 18.4. The molecule has 134 valence electrons. The second-order valence-electron chi connectivity index (χ2n) is 5.32. The van der Waals surface area contributed by atoms with Crippen LogP contribution in [0.2, 0.25) is 0 Å². The number of nitrogens with zero attached hydrogens (tertiary/aromatic N) is 1. The number of para-hydroxylation sites is 1. The minimum Gasteiger partial charge on any atom is -0.453 e. The Morgan fingerprint density at radius 3 is 2.38 bits per heavy atom. The van der Waals surface area contributed by atoms with E-state index in [9.17, 15) is 26.4 Å². The number of halogens is 3. The predicted octanol–water partition coefficient (Wildman–Crippen LogP) is 2.62. The number of methoxy groups -OCH3 is 1. The average Bonchev–Trinajstić information content (AvgIpc) is 2.54. The summed E-state index contributed by atoms with van der Waals surface area (Å²) in [5, 5.41) is 2.85. The van der Waals surface area contributed by atoms with Gasteiger partial charge in [-0.2, -0.15) is 13.2 Å². The zero-order chi connectivity index (χ0) is 18.0. The molecule has 0 radical (unpaired) electrons. The molecule has 1 saturated heterocycles. The summed E-state index contributed by atoms with van der Waals surface area (Å²) < 4.78 is 66.3. The Hall–Kier alpha value is -1.97. The lowest BCUT2D eigenvalue weighted by atomic mass is 10.1. The van der Waals surface area contributed by atoms with Gasteiger partial charge in [0.25, 0.3) is 9.84 Å². The molecule has 10 heteroatoms. The van der Waals surface area contributed by atoms with Crippen molar-refractivity contribution in [3.8, 4) is 0 Å². The minimum atomic E-state index is -5.43. The summed E-state index contributed by atoms with van der Waals surface area (Å²) in [5.41, 5.74) is -5.45. The van der Waals surface area contributed by atoms with E-state index in [4.69, 9.17) is 0 Å². The van der Waals surface area contributed by atoms with Gasteiger partial charge in [-0.25, -0.2) is 13.2 Å². The Morgan fingerprint density at radius 2 is 1.83 bits per heavy atom. The van der Waals surface area contributed by atoms with Gasteiger partial charge in [-0.05, 0) is 25.0 Å². The lowest BCUT2D eigenvalue weighted by molar-refractivity contribution is -0.0435. The third-order valence-corrected chi connectivity index (χ3v) is 5.31. The first-order valence-electron chi connectivity index (χ1n) is 7.16. The molecule has 0 unspecified atom stereocenters. The topological polar surface area (TPSA) is 75.7 Å². The molecule has 24 heavy (non-hydrogen) atoms. The Bertz CT molecular complexity index is 698. The van der Waals surface area contributed by atoms with Crippen LogP contribution in [0.5, 0.6) is 0 Å². The number of ether oxygens (including phenoxy) is 1. The van der Waals surface area contributed by atoms with Crippen molar-refractivity contribution in [2.75, 3.05) is 25.5 Å². The molecule has 1 aliphatic rings. The molecule has 1 heterocycles. The summed E-state index contributed by atoms with van der Waals surface area (Å²) >= 11 is 0. The van der Waals surface area contributed by atoms with Crippen LogP contribution in [0.15, 0.2) is 29.2 Å². The first-order chi connectivity index (χ1) is 11.2. The van der Waals surface area contributed by atoms with E-state index in [-0.39, 0.29) is 11.7 Å². The number of benzene rings is 1. The third-order valence-electron chi connectivity index (χ3n) is 3.77. The number of piperidine rings is 1. The largest absolute Gasteiger partial charge is 0.501 e. The predicted molar refractivity (Wildman–Crippen MR) is 80.3 cm³/mol. The Kier molecular flexibility index (Phi) is 5.26. The molecular weight excluding hydrogens is 349 g/mol. The van der Waals surface area contributed by atoms with Gasteiger partial charge in [0.1, 0.15) is 0 Å². The normalized spacial score (nSPS) is 16.8. The van der Waals surface area contributed by atoms with Crippen LogP contribution in [0.25, 0.3) is 0 Å². The maximum absolute atomic E-state index is 12.8. The number of rotatable bonds is 3. The molecule has 0 aliphatic carbocycles. The number of anilines is 1. The van der Waals surface area contributed by atoms with Crippen molar-refractivity contribution in [3.05, 3.63) is 24.3 Å². The molecule has 0 spiro atoms. The molecule has 1 aliphatic heterocycles. The van der Waals surface area contributed by atoms with Gasteiger partial charge in [-0.3, -0.25) is 0 Å². The fraction of sp³-hybridized carbons (Fsp3) is 0.500. The summed E-state index contributed by atoms with van der Waals surface area (Å²) in [5.74, 6) is 0. The van der Waals surface area contributed by atoms with Crippen LogP contribution in [-0.4, -0.2) is 51.2 Å². The smallest absolute Gasteiger partial charge is 0.453 e. The lowest BCUT2D eigenvalue weighted by Crippen LogP contribution is -2.42. The highest BCUT2D eigenvalue weighted by Gasteiger charge is 2.48. The highest BCUT2D eigenvalue weighted by molar-refractivity contribution is 7.92. The van der Waals surface area contributed by atoms with E-state index < -0.39 is 26.3 Å². The van der Waals surface area contributed by atoms with Crippen LogP contribution in [0.1, 0.15) is 12.8 Å². The highest BCUT2D eigenvalue weighted by Crippen LogP contribution is 2.34. The number of hydrogen-bond acceptors (Lipinski definition) is 5. The van der Waals surface area contributed by atoms with Crippen molar-refractivity contribution in [3.63, 3.8) is 0 Å². The molecule has 0 saturated carbocycles. The highest BCUT2D eigenvalue weighted by atomic mass is 32.2. The number of alkyl halides is 3. The fourth-order valence-corrected chi connectivity index (χ4v) is 3.42. The van der Waals surface area contributed by atoms with E-state index >= 15 is 0 Å². The molecule has 2 rings (SSSR count). The molecule has 1 amide bonds. The van der Waals surface area contributed by atoms with Gasteiger partial charge in [0.15, 0.2) is 0 Å². The molecule has 1 fully saturated rings. The number of hydrogen-bond donors (Lipinski definition) is 1. The van der Waals surface area contributed by atoms with Gasteiger partial charge in [0, 0.05) is 19.1 Å². The third kappa shape index (κ3) is 3.74. The second kappa shape index (κ2) is 6.88. The zero-order valence-electron chi connectivity index (χ0n) is 12.8. The van der Waals surface area contributed by atoms with Gasteiger partial charge in [-0.15, -0.1) is 0 Å². The first-order valence-corrected chi connectivity index (χ1v) is 8.65. The Balaban J connectivity index is 2.14. The van der Waals surface area contributed by atoms with E-state index in [0.717, 1.165) is 6.07 Å². The van der Waals surface area contributed by atoms with Crippen LogP contribution in [-0.2, 0) is 14.6 Å². The summed E-state index contributed by atoms with van der Waals surface area (Å²) in [6.07, 6.45) is 0.471. The van der Waals surface area contributed by atoms with Crippen molar-refractivity contribution in [1.82, 2.24) is 4.90 Å². The van der Waals surface area contributed by atoms with E-state index in [1.807, 2.05) is 0 Å². The number of nitrogens with one attached hydrogen (secondary N) is 1. The standard InChI is InChI=1S/C14H17F3N2O4S/c1-23-13(20)19-8-6-10(7-9-19)18-11-4-2-3-5-12(11)24(21,22)14(15,16)17/h2-5,10,18H,6-9H2,1H3. The van der Waals surface area contributed by atoms with Crippen LogP contribution in [0.3, 0.4) is 0 Å². The summed E-state index contributed by atoms with van der Waals surface area (Å²) in [6.45, 7) is 0.747. The number of carbonyl (C=O) groups is 1. The van der Waals surface area contributed by atoms with E-state index in [1.165, 1.54) is 30.2 Å². The van der Waals surface area contributed by atoms with Crippen LogP contribution >= 0.6 is 0 Å². The molecule has 1 aromatic rings. The van der Waals surface area contributed by atoms with Gasteiger partial charge in [0.2, 0.25) is 0 Å². The Morgan fingerprint density at radius 1 is 1.25 bits per heavy atom. The second-order valence-corrected chi connectivity index (χ2v) is 7.23. The van der Waals surface area contributed by atoms with Crippen LogP contribution < -0.4 is 5.32 Å². The fourth-order valence-electron chi connectivity index (χ4n) is 2.50. The maximum atomic E-state index is 12.8. The molecule has 0 aromatic heterocycles. The molecule has 0 atom stereocenters. The monoisotopic (exact) mass is 366 g/mol. The molecular formula is C14H17F3N2O4S. The van der Waals surface area contributed by atoms with Crippen molar-refractivity contribution in [1.29, 1.82) is 0 Å². The minimum absolute atomic E-state index is 0.0913. The SMILES string of the molecule is COC(=O)N1CCC(Nc2ccccc2S(=O)(=O)C(F)(F)F)CC1. The summed E-state index contributed by atoms with van der Waals surface area (Å²) in [7, 11) is -4.16. The maximum Gasteiger partial charge on any atom is 0.501 e. The van der Waals surface area contributed by atoms with Gasteiger partial charge < -0.3 is 15.0 Å².